The van der Waals surface area contributed by atoms with Gasteiger partial charge >= 0.3 is 0 Å². The van der Waals surface area contributed by atoms with Gasteiger partial charge in [-0.15, -0.1) is 22.7 Å². The largest absolute Gasteiger partial charge is 0.319 e. The van der Waals surface area contributed by atoms with Crippen molar-refractivity contribution in [3.8, 4) is 10.6 Å². The Labute approximate surface area is 129 Å². The van der Waals surface area contributed by atoms with Crippen molar-refractivity contribution in [2.24, 2.45) is 11.7 Å². The van der Waals surface area contributed by atoms with Crippen LogP contribution in [0.5, 0.6) is 0 Å². The molecular formula is C16H22N2S2. The van der Waals surface area contributed by atoms with Gasteiger partial charge in [0.15, 0.2) is 0 Å². The summed E-state index contributed by atoms with van der Waals surface area (Å²) in [4.78, 5) is 7.46. The lowest BCUT2D eigenvalue weighted by molar-refractivity contribution is 0.231. The molecule has 0 atom stereocenters. The van der Waals surface area contributed by atoms with E-state index in [0.29, 0.717) is 0 Å². The molecule has 0 amide bonds. The Balaban J connectivity index is 1.86. The summed E-state index contributed by atoms with van der Waals surface area (Å²) < 4.78 is 0. The molecule has 0 aromatic carbocycles. The van der Waals surface area contributed by atoms with Crippen molar-refractivity contribution in [1.29, 1.82) is 0 Å². The standard InChI is InChI=1S/C16H22N2S2/c1-3-12-6-8-16(17,9-7-12)15-18-14(11(2)20-15)13-5-4-10-19-13/h4-5,10,12H,3,6-9,17H2,1-2H3. The van der Waals surface area contributed by atoms with Crippen molar-refractivity contribution in [3.63, 3.8) is 0 Å². The molecule has 1 saturated carbocycles. The highest BCUT2D eigenvalue weighted by atomic mass is 32.1. The molecule has 2 aromatic rings. The van der Waals surface area contributed by atoms with Crippen molar-refractivity contribution >= 4 is 22.7 Å². The van der Waals surface area contributed by atoms with Gasteiger partial charge < -0.3 is 5.73 Å². The van der Waals surface area contributed by atoms with Gasteiger partial charge in [0.1, 0.15) is 5.01 Å². The second kappa shape index (κ2) is 5.58. The average molecular weight is 307 g/mol. The molecule has 20 heavy (non-hydrogen) atoms. The quantitative estimate of drug-likeness (QED) is 0.873. The number of rotatable bonds is 3. The van der Waals surface area contributed by atoms with Gasteiger partial charge in [0, 0.05) is 4.88 Å². The summed E-state index contributed by atoms with van der Waals surface area (Å²) in [5.74, 6) is 0.865. The lowest BCUT2D eigenvalue weighted by Gasteiger charge is -2.35. The molecular weight excluding hydrogens is 284 g/mol. The highest BCUT2D eigenvalue weighted by Crippen LogP contribution is 2.42. The predicted octanol–water partition coefficient (Wildman–Crippen LogP) is 4.93. The van der Waals surface area contributed by atoms with Crippen LogP contribution in [0, 0.1) is 12.8 Å². The highest BCUT2D eigenvalue weighted by molar-refractivity contribution is 7.15. The fourth-order valence-corrected chi connectivity index (χ4v) is 4.99. The van der Waals surface area contributed by atoms with Gasteiger partial charge in [0.05, 0.1) is 16.1 Å². The molecule has 0 saturated heterocycles. The van der Waals surface area contributed by atoms with E-state index in [0.717, 1.165) is 29.5 Å². The van der Waals surface area contributed by atoms with E-state index < -0.39 is 0 Å². The molecule has 0 radical (unpaired) electrons. The maximum absolute atomic E-state index is 6.68. The van der Waals surface area contributed by atoms with Crippen LogP contribution in [0.15, 0.2) is 17.5 Å². The van der Waals surface area contributed by atoms with Crippen LogP contribution in [0.25, 0.3) is 10.6 Å². The van der Waals surface area contributed by atoms with Crippen molar-refractivity contribution < 1.29 is 0 Å². The van der Waals surface area contributed by atoms with Crippen LogP contribution in [0.2, 0.25) is 0 Å². The van der Waals surface area contributed by atoms with Crippen molar-refractivity contribution in [2.45, 2.75) is 51.5 Å². The molecule has 0 spiro atoms. The van der Waals surface area contributed by atoms with Gasteiger partial charge in [-0.05, 0) is 50.0 Å². The Hall–Kier alpha value is -0.710. The minimum Gasteiger partial charge on any atom is -0.319 e. The summed E-state index contributed by atoms with van der Waals surface area (Å²) in [5.41, 5.74) is 7.64. The first kappa shape index (κ1) is 14.2. The molecule has 1 fully saturated rings. The number of hydrogen-bond acceptors (Lipinski definition) is 4. The van der Waals surface area contributed by atoms with Gasteiger partial charge in [-0.25, -0.2) is 4.98 Å². The van der Waals surface area contributed by atoms with Crippen LogP contribution in [-0.4, -0.2) is 4.98 Å². The van der Waals surface area contributed by atoms with E-state index in [1.807, 2.05) is 0 Å². The smallest absolute Gasteiger partial charge is 0.113 e. The first-order valence-electron chi connectivity index (χ1n) is 7.43. The number of thiazole rings is 1. The van der Waals surface area contributed by atoms with Gasteiger partial charge in [-0.2, -0.15) is 0 Å². The number of thiophene rings is 1. The summed E-state index contributed by atoms with van der Waals surface area (Å²) in [6, 6.07) is 4.23. The van der Waals surface area contributed by atoms with E-state index in [4.69, 9.17) is 10.7 Å². The van der Waals surface area contributed by atoms with Crippen LogP contribution in [-0.2, 0) is 5.54 Å². The Morgan fingerprint density at radius 1 is 1.40 bits per heavy atom. The number of nitrogens with two attached hydrogens (primary N) is 1. The molecule has 0 bridgehead atoms. The molecule has 1 aliphatic rings. The Bertz CT molecular complexity index is 563. The SMILES string of the molecule is CCC1CCC(N)(c2nc(-c3cccs3)c(C)s2)CC1. The minimum atomic E-state index is -0.184. The van der Waals surface area contributed by atoms with Crippen molar-refractivity contribution in [3.05, 3.63) is 27.4 Å². The van der Waals surface area contributed by atoms with E-state index in [2.05, 4.69) is 31.4 Å². The Kier molecular flexibility index (Phi) is 3.98. The Morgan fingerprint density at radius 2 is 2.15 bits per heavy atom. The molecule has 108 valence electrons. The molecule has 3 rings (SSSR count). The van der Waals surface area contributed by atoms with E-state index in [1.54, 1.807) is 22.7 Å². The molecule has 2 N–H and O–H groups in total. The third-order valence-corrected chi connectivity index (χ3v) is 6.62. The van der Waals surface area contributed by atoms with E-state index in [1.165, 1.54) is 29.0 Å². The van der Waals surface area contributed by atoms with Crippen LogP contribution in [0.1, 0.15) is 48.9 Å². The van der Waals surface area contributed by atoms with Gasteiger partial charge in [0.25, 0.3) is 0 Å². The fourth-order valence-electron chi connectivity index (χ4n) is 3.07. The predicted molar refractivity (Wildman–Crippen MR) is 88.3 cm³/mol. The zero-order chi connectivity index (χ0) is 14.2. The van der Waals surface area contributed by atoms with Crippen LogP contribution >= 0.6 is 22.7 Å². The number of hydrogen-bond donors (Lipinski definition) is 1. The molecule has 4 heteroatoms. The molecule has 0 unspecified atom stereocenters. The third-order valence-electron chi connectivity index (χ3n) is 4.55. The van der Waals surface area contributed by atoms with Gasteiger partial charge in [-0.3, -0.25) is 0 Å². The second-order valence-electron chi connectivity index (χ2n) is 5.91. The summed E-state index contributed by atoms with van der Waals surface area (Å²) in [7, 11) is 0. The lowest BCUT2D eigenvalue weighted by atomic mass is 9.76. The normalized spacial score (nSPS) is 26.9. The number of nitrogens with zero attached hydrogens (tertiary/aromatic N) is 1. The highest BCUT2D eigenvalue weighted by Gasteiger charge is 2.35. The third kappa shape index (κ3) is 2.57. The summed E-state index contributed by atoms with van der Waals surface area (Å²) in [5, 5.41) is 3.26. The topological polar surface area (TPSA) is 38.9 Å². The number of aromatic nitrogens is 1. The second-order valence-corrected chi connectivity index (χ2v) is 8.06. The molecule has 2 heterocycles. The lowest BCUT2D eigenvalue weighted by Crippen LogP contribution is -2.40. The van der Waals surface area contributed by atoms with Gasteiger partial charge in [0.2, 0.25) is 0 Å². The summed E-state index contributed by atoms with van der Waals surface area (Å²) in [6.45, 7) is 4.45. The van der Waals surface area contributed by atoms with Crippen molar-refractivity contribution in [2.75, 3.05) is 0 Å². The molecule has 1 aliphatic carbocycles. The van der Waals surface area contributed by atoms with Crippen LogP contribution in [0.4, 0.5) is 0 Å². The summed E-state index contributed by atoms with van der Waals surface area (Å²) >= 11 is 3.55. The zero-order valence-corrected chi connectivity index (χ0v) is 13.8. The average Bonchev–Trinajstić information content (AvgIpc) is 3.08. The van der Waals surface area contributed by atoms with Crippen LogP contribution < -0.4 is 5.73 Å². The molecule has 2 nitrogen and oxygen atoms in total. The number of aryl methyl sites for hydroxylation is 1. The van der Waals surface area contributed by atoms with E-state index in [-0.39, 0.29) is 5.54 Å². The summed E-state index contributed by atoms with van der Waals surface area (Å²) in [6.07, 6.45) is 5.96. The monoisotopic (exact) mass is 306 g/mol. The van der Waals surface area contributed by atoms with E-state index in [9.17, 15) is 0 Å². The minimum absolute atomic E-state index is 0.184. The van der Waals surface area contributed by atoms with Crippen LogP contribution in [0.3, 0.4) is 0 Å². The Morgan fingerprint density at radius 3 is 2.75 bits per heavy atom. The first-order valence-corrected chi connectivity index (χ1v) is 9.12. The van der Waals surface area contributed by atoms with E-state index >= 15 is 0 Å². The van der Waals surface area contributed by atoms with Crippen molar-refractivity contribution in [1.82, 2.24) is 4.98 Å². The van der Waals surface area contributed by atoms with Gasteiger partial charge in [-0.1, -0.05) is 19.4 Å². The molecule has 0 aliphatic heterocycles. The maximum Gasteiger partial charge on any atom is 0.113 e. The first-order chi connectivity index (χ1) is 9.62. The molecule has 2 aromatic heterocycles. The zero-order valence-electron chi connectivity index (χ0n) is 12.2. The maximum atomic E-state index is 6.68. The fraction of sp³-hybridized carbons (Fsp3) is 0.562.